The molecular formula is C21H24FN5O. The van der Waals surface area contributed by atoms with Gasteiger partial charge in [-0.3, -0.25) is 14.3 Å². The Bertz CT molecular complexity index is 960. The molecule has 4 rings (SSSR count). The van der Waals surface area contributed by atoms with E-state index in [1.807, 2.05) is 29.9 Å². The average Bonchev–Trinajstić information content (AvgIpc) is 3.24. The van der Waals surface area contributed by atoms with Crippen LogP contribution in [0, 0.1) is 5.82 Å². The van der Waals surface area contributed by atoms with Gasteiger partial charge in [0, 0.05) is 39.4 Å². The molecule has 0 saturated heterocycles. The largest absolute Gasteiger partial charge is 0.380 e. The molecule has 1 aromatic carbocycles. The fourth-order valence-electron chi connectivity index (χ4n) is 3.56. The number of halogens is 1. The third kappa shape index (κ3) is 4.05. The van der Waals surface area contributed by atoms with Gasteiger partial charge in [-0.25, -0.2) is 4.39 Å². The van der Waals surface area contributed by atoms with E-state index in [2.05, 4.69) is 21.2 Å². The van der Waals surface area contributed by atoms with Crippen LogP contribution in [0.1, 0.15) is 35.2 Å². The summed E-state index contributed by atoms with van der Waals surface area (Å²) in [7, 11) is 1.81. The molecule has 0 aliphatic carbocycles. The predicted molar refractivity (Wildman–Crippen MR) is 105 cm³/mol. The SMILES string of the molecule is Cn1nccc1C(O)c1cc2n(n1)CCCN(CC=Cc1ccc(F)cc1)C2. The summed E-state index contributed by atoms with van der Waals surface area (Å²) in [5.41, 5.74) is 3.47. The maximum atomic E-state index is 13.0. The molecule has 3 aromatic rings. The van der Waals surface area contributed by atoms with Crippen molar-refractivity contribution >= 4 is 6.08 Å². The molecule has 1 aliphatic heterocycles. The zero-order chi connectivity index (χ0) is 19.5. The second-order valence-corrected chi connectivity index (χ2v) is 7.11. The van der Waals surface area contributed by atoms with Gasteiger partial charge >= 0.3 is 0 Å². The highest BCUT2D eigenvalue weighted by atomic mass is 19.1. The molecule has 0 fully saturated rings. The molecule has 1 atom stereocenters. The summed E-state index contributed by atoms with van der Waals surface area (Å²) in [4.78, 5) is 2.35. The highest BCUT2D eigenvalue weighted by Gasteiger charge is 2.21. The van der Waals surface area contributed by atoms with Gasteiger partial charge in [0.25, 0.3) is 0 Å². The Hall–Kier alpha value is -2.77. The Morgan fingerprint density at radius 2 is 2.04 bits per heavy atom. The van der Waals surface area contributed by atoms with E-state index in [0.717, 1.165) is 49.6 Å². The molecule has 1 aliphatic rings. The predicted octanol–water partition coefficient (Wildman–Crippen LogP) is 2.76. The second kappa shape index (κ2) is 8.08. The second-order valence-electron chi connectivity index (χ2n) is 7.11. The van der Waals surface area contributed by atoms with E-state index in [1.54, 1.807) is 23.0 Å². The standard InChI is InChI=1S/C21H24FN5O/c1-25-20(9-10-23-25)21(28)19-14-18-15-26(12-3-13-27(18)24-19)11-2-4-16-5-7-17(22)8-6-16/h2,4-10,14,21,28H,3,11-13,15H2,1H3. The molecule has 3 heterocycles. The van der Waals surface area contributed by atoms with Gasteiger partial charge in [-0.05, 0) is 36.2 Å². The summed E-state index contributed by atoms with van der Waals surface area (Å²) in [5, 5.41) is 19.4. The molecule has 0 bridgehead atoms. The van der Waals surface area contributed by atoms with Crippen molar-refractivity contribution in [2.24, 2.45) is 7.05 Å². The highest BCUT2D eigenvalue weighted by molar-refractivity contribution is 5.48. The van der Waals surface area contributed by atoms with Gasteiger partial charge in [0.15, 0.2) is 0 Å². The number of fused-ring (bicyclic) bond motifs is 1. The molecule has 0 spiro atoms. The van der Waals surface area contributed by atoms with Gasteiger partial charge in [0.2, 0.25) is 0 Å². The molecule has 146 valence electrons. The van der Waals surface area contributed by atoms with Crippen molar-refractivity contribution in [2.45, 2.75) is 25.6 Å². The van der Waals surface area contributed by atoms with Crippen LogP contribution in [0.4, 0.5) is 4.39 Å². The quantitative estimate of drug-likeness (QED) is 0.738. The van der Waals surface area contributed by atoms with Gasteiger partial charge in [0.05, 0.1) is 17.1 Å². The Balaban J connectivity index is 1.44. The van der Waals surface area contributed by atoms with Crippen molar-refractivity contribution in [2.75, 3.05) is 13.1 Å². The molecule has 6 nitrogen and oxygen atoms in total. The van der Waals surface area contributed by atoms with Gasteiger partial charge in [-0.15, -0.1) is 0 Å². The molecule has 28 heavy (non-hydrogen) atoms. The van der Waals surface area contributed by atoms with Crippen molar-refractivity contribution in [1.82, 2.24) is 24.5 Å². The first-order valence-corrected chi connectivity index (χ1v) is 9.47. The lowest BCUT2D eigenvalue weighted by atomic mass is 10.2. The molecule has 7 heteroatoms. The van der Waals surface area contributed by atoms with Crippen LogP contribution in [0.25, 0.3) is 6.08 Å². The van der Waals surface area contributed by atoms with Crippen LogP contribution in [0.5, 0.6) is 0 Å². The maximum Gasteiger partial charge on any atom is 0.139 e. The van der Waals surface area contributed by atoms with Crippen molar-refractivity contribution in [3.05, 3.63) is 77.1 Å². The van der Waals surface area contributed by atoms with E-state index in [-0.39, 0.29) is 5.82 Å². The Morgan fingerprint density at radius 3 is 2.79 bits per heavy atom. The summed E-state index contributed by atoms with van der Waals surface area (Å²) >= 11 is 0. The van der Waals surface area contributed by atoms with Crippen molar-refractivity contribution in [3.63, 3.8) is 0 Å². The van der Waals surface area contributed by atoms with E-state index in [9.17, 15) is 9.50 Å². The fraction of sp³-hybridized carbons (Fsp3) is 0.333. The van der Waals surface area contributed by atoms with Gasteiger partial charge in [-0.1, -0.05) is 24.3 Å². The number of aromatic nitrogens is 4. The summed E-state index contributed by atoms with van der Waals surface area (Å²) in [6.07, 6.45) is 6.01. The fourth-order valence-corrected chi connectivity index (χ4v) is 3.56. The molecular weight excluding hydrogens is 357 g/mol. The van der Waals surface area contributed by atoms with Crippen LogP contribution < -0.4 is 0 Å². The third-order valence-corrected chi connectivity index (χ3v) is 5.08. The zero-order valence-corrected chi connectivity index (χ0v) is 15.9. The van der Waals surface area contributed by atoms with Gasteiger partial charge < -0.3 is 5.11 Å². The lowest BCUT2D eigenvalue weighted by molar-refractivity contribution is 0.203. The number of aryl methyl sites for hydroxylation is 2. The molecule has 0 amide bonds. The Labute approximate surface area is 163 Å². The van der Waals surface area contributed by atoms with Crippen molar-refractivity contribution in [3.8, 4) is 0 Å². The Kier molecular flexibility index (Phi) is 5.36. The van der Waals surface area contributed by atoms with Gasteiger partial charge in [-0.2, -0.15) is 10.2 Å². The summed E-state index contributed by atoms with van der Waals surface area (Å²) in [6, 6.07) is 10.3. The number of nitrogens with zero attached hydrogens (tertiary/aromatic N) is 5. The number of hydrogen-bond donors (Lipinski definition) is 1. The normalized spacial score (nSPS) is 16.2. The van der Waals surface area contributed by atoms with Crippen LogP contribution in [0.2, 0.25) is 0 Å². The smallest absolute Gasteiger partial charge is 0.139 e. The van der Waals surface area contributed by atoms with Crippen LogP contribution in [-0.2, 0) is 20.1 Å². The molecule has 1 unspecified atom stereocenters. The summed E-state index contributed by atoms with van der Waals surface area (Å²) in [5.74, 6) is -0.220. The third-order valence-electron chi connectivity index (χ3n) is 5.08. The number of aliphatic hydroxyl groups excluding tert-OH is 1. The molecule has 1 N–H and O–H groups in total. The van der Waals surface area contributed by atoms with Crippen LogP contribution >= 0.6 is 0 Å². The molecule has 0 radical (unpaired) electrons. The average molecular weight is 381 g/mol. The first-order valence-electron chi connectivity index (χ1n) is 9.47. The minimum absolute atomic E-state index is 0.220. The first kappa shape index (κ1) is 18.6. The van der Waals surface area contributed by atoms with E-state index in [0.29, 0.717) is 5.69 Å². The van der Waals surface area contributed by atoms with E-state index in [4.69, 9.17) is 0 Å². The minimum Gasteiger partial charge on any atom is -0.380 e. The lowest BCUT2D eigenvalue weighted by Crippen LogP contribution is -2.23. The minimum atomic E-state index is -0.779. The monoisotopic (exact) mass is 381 g/mol. The van der Waals surface area contributed by atoms with E-state index < -0.39 is 6.10 Å². The molecule has 2 aromatic heterocycles. The summed E-state index contributed by atoms with van der Waals surface area (Å²) < 4.78 is 16.7. The number of rotatable bonds is 5. The van der Waals surface area contributed by atoms with Crippen LogP contribution in [0.3, 0.4) is 0 Å². The maximum absolute atomic E-state index is 13.0. The van der Waals surface area contributed by atoms with Crippen LogP contribution in [0.15, 0.2) is 48.7 Å². The lowest BCUT2D eigenvalue weighted by Gasteiger charge is -2.17. The van der Waals surface area contributed by atoms with Crippen LogP contribution in [-0.4, -0.2) is 42.7 Å². The molecule has 0 saturated carbocycles. The zero-order valence-electron chi connectivity index (χ0n) is 15.9. The topological polar surface area (TPSA) is 59.1 Å². The number of aliphatic hydroxyl groups is 1. The highest BCUT2D eigenvalue weighted by Crippen LogP contribution is 2.23. The van der Waals surface area contributed by atoms with Crippen molar-refractivity contribution in [1.29, 1.82) is 0 Å². The number of benzene rings is 1. The van der Waals surface area contributed by atoms with E-state index in [1.165, 1.54) is 12.1 Å². The van der Waals surface area contributed by atoms with E-state index >= 15 is 0 Å². The van der Waals surface area contributed by atoms with Crippen molar-refractivity contribution < 1.29 is 9.50 Å². The number of hydrogen-bond acceptors (Lipinski definition) is 4. The Morgan fingerprint density at radius 1 is 1.21 bits per heavy atom. The first-order chi connectivity index (χ1) is 13.6. The van der Waals surface area contributed by atoms with Gasteiger partial charge in [0.1, 0.15) is 11.9 Å². The summed E-state index contributed by atoms with van der Waals surface area (Å²) in [6.45, 7) is 3.41.